The lowest BCUT2D eigenvalue weighted by Crippen LogP contribution is -2.54. The lowest BCUT2D eigenvalue weighted by molar-refractivity contribution is -0.134. The molecule has 0 spiro atoms. The maximum absolute atomic E-state index is 12.2. The number of fused-ring (bicyclic) bond motifs is 5. The smallest absolute Gasteiger partial charge is 0.133 e. The first-order valence-corrected chi connectivity index (χ1v) is 10.1. The summed E-state index contributed by atoms with van der Waals surface area (Å²) in [5, 5.41) is 0. The van der Waals surface area contributed by atoms with Crippen LogP contribution in [0.1, 0.15) is 78.6 Å². The van der Waals surface area contributed by atoms with E-state index < -0.39 is 0 Å². The molecule has 2 heteroatoms. The van der Waals surface area contributed by atoms with Gasteiger partial charge in [-0.2, -0.15) is 0 Å². The molecule has 2 nitrogen and oxygen atoms in total. The van der Waals surface area contributed by atoms with E-state index in [9.17, 15) is 4.79 Å². The Labute approximate surface area is 142 Å². The summed E-state index contributed by atoms with van der Waals surface area (Å²) >= 11 is 0. The van der Waals surface area contributed by atoms with Crippen LogP contribution in [0.2, 0.25) is 0 Å². The zero-order valence-corrected chi connectivity index (χ0v) is 15.3. The van der Waals surface area contributed by atoms with Crippen LogP contribution in [0.25, 0.3) is 0 Å². The second kappa shape index (κ2) is 5.31. The van der Waals surface area contributed by atoms with Crippen molar-refractivity contribution in [3.63, 3.8) is 0 Å². The van der Waals surface area contributed by atoms with Gasteiger partial charge in [-0.05, 0) is 99.2 Å². The third-order valence-electron chi connectivity index (χ3n) is 9.20. The average molecular weight is 318 g/mol. The topological polar surface area (TPSA) is 43.1 Å². The van der Waals surface area contributed by atoms with Crippen molar-refractivity contribution in [2.24, 2.45) is 46.2 Å². The lowest BCUT2D eigenvalue weighted by atomic mass is 9.44. The molecular weight excluding hydrogens is 282 g/mol. The molecule has 23 heavy (non-hydrogen) atoms. The standard InChI is InChI=1S/C21H35NO/c1-13(23)17-6-7-18-16-5-4-14-12-15(22)8-10-20(14,2)19(16)9-11-21(17,18)3/h14-19H,4-12,22H2,1-3H3/t14-,15+,16-,17+,18-,19-,20-,21+/m0/s1. The summed E-state index contributed by atoms with van der Waals surface area (Å²) in [4.78, 5) is 12.2. The highest BCUT2D eigenvalue weighted by Gasteiger charge is 2.60. The van der Waals surface area contributed by atoms with Crippen LogP contribution in [-0.4, -0.2) is 11.8 Å². The molecule has 130 valence electrons. The van der Waals surface area contributed by atoms with Gasteiger partial charge in [0.2, 0.25) is 0 Å². The van der Waals surface area contributed by atoms with Crippen molar-refractivity contribution in [1.82, 2.24) is 0 Å². The molecule has 4 aliphatic rings. The van der Waals surface area contributed by atoms with Crippen LogP contribution in [0.4, 0.5) is 0 Å². The number of nitrogens with two attached hydrogens (primary N) is 1. The van der Waals surface area contributed by atoms with Crippen molar-refractivity contribution < 1.29 is 4.79 Å². The van der Waals surface area contributed by atoms with E-state index in [2.05, 4.69) is 13.8 Å². The Morgan fingerprint density at radius 3 is 2.35 bits per heavy atom. The molecular formula is C21H35NO. The van der Waals surface area contributed by atoms with Crippen LogP contribution in [0, 0.1) is 40.4 Å². The Morgan fingerprint density at radius 1 is 0.913 bits per heavy atom. The minimum atomic E-state index is 0.307. The quantitative estimate of drug-likeness (QED) is 0.770. The first-order valence-electron chi connectivity index (χ1n) is 10.1. The maximum Gasteiger partial charge on any atom is 0.133 e. The highest BCUT2D eigenvalue weighted by atomic mass is 16.1. The highest BCUT2D eigenvalue weighted by Crippen LogP contribution is 2.67. The Morgan fingerprint density at radius 2 is 1.61 bits per heavy atom. The SMILES string of the molecule is CC(=O)[C@H]1CC[C@H]2[C@@H]3CC[C@H]4C[C@H](N)CC[C@]4(C)[C@H]3CC[C@]12C. The number of hydrogen-bond acceptors (Lipinski definition) is 2. The van der Waals surface area contributed by atoms with Gasteiger partial charge in [-0.15, -0.1) is 0 Å². The monoisotopic (exact) mass is 317 g/mol. The van der Waals surface area contributed by atoms with E-state index in [4.69, 9.17) is 5.73 Å². The second-order valence-electron chi connectivity index (χ2n) is 9.98. The van der Waals surface area contributed by atoms with Gasteiger partial charge >= 0.3 is 0 Å². The molecule has 2 N–H and O–H groups in total. The zero-order valence-electron chi connectivity index (χ0n) is 15.3. The van der Waals surface area contributed by atoms with Crippen LogP contribution < -0.4 is 5.73 Å². The van der Waals surface area contributed by atoms with E-state index in [0.29, 0.717) is 28.6 Å². The summed E-state index contributed by atoms with van der Waals surface area (Å²) in [5.41, 5.74) is 7.13. The molecule has 0 saturated heterocycles. The molecule has 4 rings (SSSR count). The number of carbonyl (C=O) groups excluding carboxylic acids is 1. The molecule has 0 amide bonds. The Hall–Kier alpha value is -0.370. The van der Waals surface area contributed by atoms with Gasteiger partial charge in [0.05, 0.1) is 0 Å². The van der Waals surface area contributed by atoms with Crippen molar-refractivity contribution in [1.29, 1.82) is 0 Å². The maximum atomic E-state index is 12.2. The summed E-state index contributed by atoms with van der Waals surface area (Å²) in [7, 11) is 0. The van der Waals surface area contributed by atoms with Gasteiger partial charge in [0, 0.05) is 12.0 Å². The molecule has 4 aliphatic carbocycles. The first-order chi connectivity index (χ1) is 10.9. The summed E-state index contributed by atoms with van der Waals surface area (Å²) in [5.74, 6) is 4.26. The predicted octanol–water partition coefficient (Wildman–Crippen LogP) is 4.56. The molecule has 0 aromatic rings. The summed E-state index contributed by atoms with van der Waals surface area (Å²) in [6, 6.07) is 0.451. The Bertz CT molecular complexity index is 502. The third kappa shape index (κ3) is 2.19. The number of rotatable bonds is 1. The Balaban J connectivity index is 1.61. The fourth-order valence-electron chi connectivity index (χ4n) is 7.96. The summed E-state index contributed by atoms with van der Waals surface area (Å²) < 4.78 is 0. The molecule has 0 unspecified atom stereocenters. The van der Waals surface area contributed by atoms with Gasteiger partial charge in [-0.3, -0.25) is 4.79 Å². The molecule has 4 fully saturated rings. The van der Waals surface area contributed by atoms with Gasteiger partial charge in [-0.25, -0.2) is 0 Å². The lowest BCUT2D eigenvalue weighted by Gasteiger charge is -2.61. The number of hydrogen-bond donors (Lipinski definition) is 1. The second-order valence-corrected chi connectivity index (χ2v) is 9.98. The minimum absolute atomic E-state index is 0.307. The molecule has 4 saturated carbocycles. The van der Waals surface area contributed by atoms with E-state index >= 15 is 0 Å². The third-order valence-corrected chi connectivity index (χ3v) is 9.20. The van der Waals surface area contributed by atoms with Crippen molar-refractivity contribution >= 4 is 5.78 Å². The van der Waals surface area contributed by atoms with Crippen LogP contribution in [0.15, 0.2) is 0 Å². The van der Waals surface area contributed by atoms with Gasteiger partial charge in [0.1, 0.15) is 5.78 Å². The Kier molecular flexibility index (Phi) is 3.72. The van der Waals surface area contributed by atoms with Crippen LogP contribution >= 0.6 is 0 Å². The molecule has 0 aromatic carbocycles. The zero-order chi connectivity index (χ0) is 16.4. The largest absolute Gasteiger partial charge is 0.328 e. The van der Waals surface area contributed by atoms with Crippen molar-refractivity contribution in [2.75, 3.05) is 0 Å². The predicted molar refractivity (Wildman–Crippen MR) is 93.9 cm³/mol. The normalized spacial score (nSPS) is 55.7. The van der Waals surface area contributed by atoms with E-state index in [1.807, 2.05) is 6.92 Å². The van der Waals surface area contributed by atoms with Crippen molar-refractivity contribution in [3.8, 4) is 0 Å². The molecule has 0 aliphatic heterocycles. The highest BCUT2D eigenvalue weighted by molar-refractivity contribution is 5.79. The molecule has 0 bridgehead atoms. The summed E-state index contributed by atoms with van der Waals surface area (Å²) in [6.45, 7) is 6.89. The molecule has 8 atom stereocenters. The summed E-state index contributed by atoms with van der Waals surface area (Å²) in [6.07, 6.45) is 11.8. The molecule has 0 radical (unpaired) electrons. The van der Waals surface area contributed by atoms with Gasteiger partial charge in [0.15, 0.2) is 0 Å². The fourth-order valence-corrected chi connectivity index (χ4v) is 7.96. The van der Waals surface area contributed by atoms with E-state index in [1.54, 1.807) is 0 Å². The molecule has 0 aromatic heterocycles. The molecule has 0 heterocycles. The minimum Gasteiger partial charge on any atom is -0.328 e. The fraction of sp³-hybridized carbons (Fsp3) is 0.952. The van der Waals surface area contributed by atoms with Crippen LogP contribution in [-0.2, 0) is 4.79 Å². The van der Waals surface area contributed by atoms with Crippen molar-refractivity contribution in [3.05, 3.63) is 0 Å². The van der Waals surface area contributed by atoms with Gasteiger partial charge < -0.3 is 5.73 Å². The van der Waals surface area contributed by atoms with E-state index in [-0.39, 0.29) is 0 Å². The van der Waals surface area contributed by atoms with Crippen molar-refractivity contribution in [2.45, 2.75) is 84.6 Å². The number of ketones is 1. The van der Waals surface area contributed by atoms with Crippen LogP contribution in [0.3, 0.4) is 0 Å². The van der Waals surface area contributed by atoms with E-state index in [0.717, 1.165) is 30.1 Å². The average Bonchev–Trinajstić information content (AvgIpc) is 2.85. The first kappa shape index (κ1) is 16.1. The van der Waals surface area contributed by atoms with E-state index in [1.165, 1.54) is 51.4 Å². The van der Waals surface area contributed by atoms with Gasteiger partial charge in [-0.1, -0.05) is 13.8 Å². The number of carbonyl (C=O) groups is 1. The van der Waals surface area contributed by atoms with Gasteiger partial charge in [0.25, 0.3) is 0 Å². The van der Waals surface area contributed by atoms with Crippen LogP contribution in [0.5, 0.6) is 0 Å². The number of Topliss-reactive ketones (excluding diaryl/α,β-unsaturated/α-hetero) is 1.